The van der Waals surface area contributed by atoms with Gasteiger partial charge in [-0.25, -0.2) is 0 Å². The summed E-state index contributed by atoms with van der Waals surface area (Å²) in [4.78, 5) is 0. The Morgan fingerprint density at radius 1 is 0.889 bits per heavy atom. The van der Waals surface area contributed by atoms with Crippen molar-refractivity contribution >= 4 is 0 Å². The molecule has 18 heavy (non-hydrogen) atoms. The van der Waals surface area contributed by atoms with Crippen molar-refractivity contribution in [3.8, 4) is 18.2 Å². The molecule has 0 aromatic rings. The van der Waals surface area contributed by atoms with E-state index in [2.05, 4.69) is 18.2 Å². The molecule has 92 valence electrons. The first kappa shape index (κ1) is 15.7. The van der Waals surface area contributed by atoms with Crippen LogP contribution in [-0.4, -0.2) is 0 Å². The summed E-state index contributed by atoms with van der Waals surface area (Å²) >= 11 is 0. The molecule has 0 aliphatic rings. The molecule has 0 saturated carbocycles. The highest BCUT2D eigenvalue weighted by atomic mass is 14.3. The minimum atomic E-state index is 0.461. The van der Waals surface area contributed by atoms with Gasteiger partial charge in [0.25, 0.3) is 0 Å². The molecule has 0 rings (SSSR count). The first-order valence-corrected chi connectivity index (χ1v) is 5.92. The highest BCUT2D eigenvalue weighted by Gasteiger charge is 2.06. The second-order valence-electron chi connectivity index (χ2n) is 3.71. The molecule has 0 atom stereocenters. The lowest BCUT2D eigenvalue weighted by Gasteiger charge is -2.02. The van der Waals surface area contributed by atoms with Crippen LogP contribution in [0, 0.1) is 34.0 Å². The van der Waals surface area contributed by atoms with Gasteiger partial charge in [0, 0.05) is 16.7 Å². The maximum Gasteiger partial charge on any atom is 0.0957 e. The van der Waals surface area contributed by atoms with Crippen LogP contribution in [0.15, 0.2) is 34.9 Å². The molecule has 0 saturated heterocycles. The van der Waals surface area contributed by atoms with Crippen molar-refractivity contribution in [2.24, 2.45) is 0 Å². The molecule has 0 amide bonds. The zero-order valence-electron chi connectivity index (χ0n) is 10.9. The van der Waals surface area contributed by atoms with E-state index in [9.17, 15) is 0 Å². The number of allylic oxidation sites excluding steroid dienone is 6. The van der Waals surface area contributed by atoms with Crippen LogP contribution < -0.4 is 0 Å². The van der Waals surface area contributed by atoms with Gasteiger partial charge in [0.1, 0.15) is 0 Å². The van der Waals surface area contributed by atoms with Gasteiger partial charge < -0.3 is 0 Å². The largest absolute Gasteiger partial charge is 0.193 e. The smallest absolute Gasteiger partial charge is 0.0957 e. The summed E-state index contributed by atoms with van der Waals surface area (Å²) < 4.78 is 0. The van der Waals surface area contributed by atoms with Gasteiger partial charge in [-0.15, -0.1) is 0 Å². The highest BCUT2D eigenvalue weighted by molar-refractivity contribution is 5.38. The molecule has 0 aliphatic carbocycles. The average molecular weight is 239 g/mol. The molecule has 0 spiro atoms. The normalized spacial score (nSPS) is 12.5. The molecular weight excluding hydrogens is 222 g/mol. The zero-order valence-corrected chi connectivity index (χ0v) is 10.9. The molecule has 0 radical (unpaired) electrons. The van der Waals surface area contributed by atoms with Crippen LogP contribution in [-0.2, 0) is 0 Å². The van der Waals surface area contributed by atoms with Gasteiger partial charge in [0.05, 0.1) is 18.2 Å². The van der Waals surface area contributed by atoms with E-state index in [0.29, 0.717) is 36.0 Å². The zero-order chi connectivity index (χ0) is 13.8. The van der Waals surface area contributed by atoms with Gasteiger partial charge in [-0.05, 0) is 39.5 Å². The van der Waals surface area contributed by atoms with Crippen LogP contribution in [0.25, 0.3) is 0 Å². The van der Waals surface area contributed by atoms with E-state index >= 15 is 0 Å². The number of nitrogens with zero attached hydrogens (tertiary/aromatic N) is 3. The Balaban J connectivity index is 4.76. The SMILES string of the molecule is C/C=C(\C#N)CC/C(C#N)=C(\C#N)CC/C=C/C. The van der Waals surface area contributed by atoms with E-state index in [1.165, 1.54) is 0 Å². The lowest BCUT2D eigenvalue weighted by molar-refractivity contribution is 0.925. The summed E-state index contributed by atoms with van der Waals surface area (Å²) in [6.07, 6.45) is 7.96. The van der Waals surface area contributed by atoms with Crippen molar-refractivity contribution < 1.29 is 0 Å². The Bertz CT molecular complexity index is 473. The van der Waals surface area contributed by atoms with Crippen LogP contribution in [0.1, 0.15) is 39.5 Å². The maximum atomic E-state index is 9.06. The Morgan fingerprint density at radius 2 is 1.50 bits per heavy atom. The molecule has 0 aromatic heterocycles. The third-order valence-electron chi connectivity index (χ3n) is 2.57. The Kier molecular flexibility index (Phi) is 8.62. The number of hydrogen-bond acceptors (Lipinski definition) is 3. The van der Waals surface area contributed by atoms with Crippen LogP contribution >= 0.6 is 0 Å². The fraction of sp³-hybridized carbons (Fsp3) is 0.400. The fourth-order valence-electron chi connectivity index (χ4n) is 1.47. The summed E-state index contributed by atoms with van der Waals surface area (Å²) in [5, 5.41) is 26.9. The van der Waals surface area contributed by atoms with Gasteiger partial charge in [-0.1, -0.05) is 18.2 Å². The minimum Gasteiger partial charge on any atom is -0.193 e. The molecule has 3 nitrogen and oxygen atoms in total. The topological polar surface area (TPSA) is 71.4 Å². The van der Waals surface area contributed by atoms with Crippen molar-refractivity contribution in [2.45, 2.75) is 39.5 Å². The van der Waals surface area contributed by atoms with E-state index in [1.54, 1.807) is 13.0 Å². The summed E-state index contributed by atoms with van der Waals surface area (Å²) in [6.45, 7) is 3.72. The van der Waals surface area contributed by atoms with Crippen LogP contribution in [0.2, 0.25) is 0 Å². The molecule has 0 aliphatic heterocycles. The van der Waals surface area contributed by atoms with Crippen molar-refractivity contribution in [3.63, 3.8) is 0 Å². The Labute approximate surface area is 109 Å². The molecule has 0 bridgehead atoms. The van der Waals surface area contributed by atoms with Gasteiger partial charge in [0.2, 0.25) is 0 Å². The molecule has 0 unspecified atom stereocenters. The van der Waals surface area contributed by atoms with Crippen LogP contribution in [0.3, 0.4) is 0 Å². The first-order valence-electron chi connectivity index (χ1n) is 5.92. The maximum absolute atomic E-state index is 9.06. The lowest BCUT2D eigenvalue weighted by Crippen LogP contribution is -1.91. The van der Waals surface area contributed by atoms with Crippen molar-refractivity contribution in [2.75, 3.05) is 0 Å². The molecule has 0 N–H and O–H groups in total. The van der Waals surface area contributed by atoms with Crippen molar-refractivity contribution in [1.82, 2.24) is 0 Å². The monoisotopic (exact) mass is 239 g/mol. The van der Waals surface area contributed by atoms with Gasteiger partial charge in [-0.3, -0.25) is 0 Å². The van der Waals surface area contributed by atoms with Crippen molar-refractivity contribution in [3.05, 3.63) is 34.9 Å². The fourth-order valence-corrected chi connectivity index (χ4v) is 1.47. The van der Waals surface area contributed by atoms with Crippen molar-refractivity contribution in [1.29, 1.82) is 15.8 Å². The summed E-state index contributed by atoms with van der Waals surface area (Å²) in [5.74, 6) is 0. The van der Waals surface area contributed by atoms with Crippen LogP contribution in [0.5, 0.6) is 0 Å². The lowest BCUT2D eigenvalue weighted by atomic mass is 9.99. The third kappa shape index (κ3) is 5.69. The van der Waals surface area contributed by atoms with E-state index in [0.717, 1.165) is 6.42 Å². The van der Waals surface area contributed by atoms with Gasteiger partial charge in [-0.2, -0.15) is 15.8 Å². The third-order valence-corrected chi connectivity index (χ3v) is 2.57. The second-order valence-corrected chi connectivity index (χ2v) is 3.71. The summed E-state index contributed by atoms with van der Waals surface area (Å²) in [7, 11) is 0. The van der Waals surface area contributed by atoms with Crippen LogP contribution in [0.4, 0.5) is 0 Å². The summed E-state index contributed by atoms with van der Waals surface area (Å²) in [6, 6.07) is 6.25. The first-order chi connectivity index (χ1) is 8.73. The second kappa shape index (κ2) is 9.88. The molecule has 0 heterocycles. The quantitative estimate of drug-likeness (QED) is 0.520. The number of hydrogen-bond donors (Lipinski definition) is 0. The Morgan fingerprint density at radius 3 is 1.94 bits per heavy atom. The van der Waals surface area contributed by atoms with Gasteiger partial charge in [0.15, 0.2) is 0 Å². The number of nitriles is 3. The molecule has 3 heteroatoms. The van der Waals surface area contributed by atoms with E-state index in [1.807, 2.05) is 19.1 Å². The molecule has 0 aromatic carbocycles. The predicted octanol–water partition coefficient (Wildman–Crippen LogP) is 3.94. The molecule has 0 fully saturated rings. The minimum absolute atomic E-state index is 0.461. The predicted molar refractivity (Wildman–Crippen MR) is 70.9 cm³/mol. The van der Waals surface area contributed by atoms with E-state index < -0.39 is 0 Å². The van der Waals surface area contributed by atoms with E-state index in [-0.39, 0.29) is 0 Å². The standard InChI is InChI=1S/C15H17N3/c1-3-5-6-7-14(11-17)15(12-18)9-8-13(4-2)10-16/h3-5H,6-9H2,1-2H3/b5-3+,13-4-,15-14+. The molecular formula is C15H17N3. The number of rotatable bonds is 6. The Hall–Kier alpha value is -2.31. The van der Waals surface area contributed by atoms with E-state index in [4.69, 9.17) is 15.8 Å². The highest BCUT2D eigenvalue weighted by Crippen LogP contribution is 2.18. The average Bonchev–Trinajstić information content (AvgIpc) is 2.41. The van der Waals surface area contributed by atoms with Gasteiger partial charge >= 0.3 is 0 Å². The summed E-state index contributed by atoms with van der Waals surface area (Å²) in [5.41, 5.74) is 1.68.